The number of hydrogen-bond donors (Lipinski definition) is 1. The van der Waals surface area contributed by atoms with Crippen LogP contribution in [0.2, 0.25) is 0 Å². The van der Waals surface area contributed by atoms with Crippen LogP contribution in [0.3, 0.4) is 0 Å². The second-order valence-electron chi connectivity index (χ2n) is 7.33. The number of hydrogen-bond acceptors (Lipinski definition) is 4. The number of rotatable bonds is 5. The van der Waals surface area contributed by atoms with E-state index < -0.39 is 0 Å². The molecule has 0 aliphatic carbocycles. The predicted molar refractivity (Wildman–Crippen MR) is 109 cm³/mol. The van der Waals surface area contributed by atoms with E-state index >= 15 is 0 Å². The van der Waals surface area contributed by atoms with Gasteiger partial charge in [0.1, 0.15) is 0 Å². The van der Waals surface area contributed by atoms with Gasteiger partial charge in [-0.1, -0.05) is 12.1 Å². The first kappa shape index (κ1) is 18.4. The van der Waals surface area contributed by atoms with Gasteiger partial charge in [-0.05, 0) is 62.7 Å². The zero-order valence-corrected chi connectivity index (χ0v) is 16.1. The molecule has 1 aliphatic heterocycles. The molecule has 0 unspecified atom stereocenters. The minimum absolute atomic E-state index is 0.00748. The fraction of sp³-hybridized carbons (Fsp3) is 0.318. The molecule has 1 aliphatic rings. The van der Waals surface area contributed by atoms with Crippen LogP contribution in [0.4, 0.5) is 5.69 Å². The standard InChI is InChI=1S/C22H25N5O/c1-17-6-2-9-20(24-17)16-26-12-4-7-18(15-26)22(28)25-19-8-3-10-21(14-19)27-13-5-11-23-27/h2-3,5-6,8-11,13-14,18H,4,7,12,15-16H2,1H3,(H,25,28)/t18-/m1/s1. The number of amides is 1. The first-order valence-electron chi connectivity index (χ1n) is 9.73. The number of aryl methyl sites for hydroxylation is 1. The molecule has 1 fully saturated rings. The molecule has 144 valence electrons. The number of carbonyl (C=O) groups excluding carboxylic acids is 1. The summed E-state index contributed by atoms with van der Waals surface area (Å²) in [6.07, 6.45) is 5.57. The lowest BCUT2D eigenvalue weighted by molar-refractivity contribution is -0.121. The van der Waals surface area contributed by atoms with Crippen molar-refractivity contribution in [3.63, 3.8) is 0 Å². The summed E-state index contributed by atoms with van der Waals surface area (Å²) >= 11 is 0. The first-order valence-corrected chi connectivity index (χ1v) is 9.73. The fourth-order valence-corrected chi connectivity index (χ4v) is 3.72. The molecule has 28 heavy (non-hydrogen) atoms. The maximum Gasteiger partial charge on any atom is 0.228 e. The molecule has 0 spiro atoms. The Morgan fingerprint density at radius 1 is 1.21 bits per heavy atom. The molecule has 4 rings (SSSR count). The molecule has 1 N–H and O–H groups in total. The second-order valence-corrected chi connectivity index (χ2v) is 7.33. The number of likely N-dealkylation sites (tertiary alicyclic amines) is 1. The van der Waals surface area contributed by atoms with Crippen LogP contribution in [0.5, 0.6) is 0 Å². The normalized spacial score (nSPS) is 17.4. The van der Waals surface area contributed by atoms with Gasteiger partial charge in [-0.2, -0.15) is 5.10 Å². The van der Waals surface area contributed by atoms with E-state index in [1.54, 1.807) is 10.9 Å². The third-order valence-corrected chi connectivity index (χ3v) is 5.09. The van der Waals surface area contributed by atoms with E-state index in [-0.39, 0.29) is 11.8 Å². The van der Waals surface area contributed by atoms with Crippen molar-refractivity contribution in [1.82, 2.24) is 19.7 Å². The quantitative estimate of drug-likeness (QED) is 0.742. The third-order valence-electron chi connectivity index (χ3n) is 5.09. The largest absolute Gasteiger partial charge is 0.326 e. The van der Waals surface area contributed by atoms with E-state index in [0.717, 1.165) is 55.2 Å². The number of nitrogens with one attached hydrogen (secondary N) is 1. The molecule has 0 saturated carbocycles. The Hall–Kier alpha value is -2.99. The Balaban J connectivity index is 1.39. The molecule has 1 atom stereocenters. The van der Waals surface area contributed by atoms with Crippen molar-refractivity contribution in [2.24, 2.45) is 5.92 Å². The summed E-state index contributed by atoms with van der Waals surface area (Å²) in [4.78, 5) is 19.8. The summed E-state index contributed by atoms with van der Waals surface area (Å²) in [6, 6.07) is 15.8. The van der Waals surface area contributed by atoms with E-state index in [0.29, 0.717) is 0 Å². The Morgan fingerprint density at radius 2 is 2.11 bits per heavy atom. The number of anilines is 1. The second kappa shape index (κ2) is 8.35. The molecule has 1 saturated heterocycles. The average Bonchev–Trinajstić information content (AvgIpc) is 3.23. The van der Waals surface area contributed by atoms with Gasteiger partial charge in [-0.3, -0.25) is 14.7 Å². The highest BCUT2D eigenvalue weighted by atomic mass is 16.1. The van der Waals surface area contributed by atoms with Crippen LogP contribution in [0, 0.1) is 12.8 Å². The van der Waals surface area contributed by atoms with Crippen LogP contribution in [0.25, 0.3) is 5.69 Å². The van der Waals surface area contributed by atoms with Crippen molar-refractivity contribution < 1.29 is 4.79 Å². The lowest BCUT2D eigenvalue weighted by Gasteiger charge is -2.31. The van der Waals surface area contributed by atoms with Gasteiger partial charge >= 0.3 is 0 Å². The zero-order valence-electron chi connectivity index (χ0n) is 16.1. The molecule has 2 aromatic heterocycles. The molecule has 0 bridgehead atoms. The Kier molecular flexibility index (Phi) is 5.48. The summed E-state index contributed by atoms with van der Waals surface area (Å²) in [7, 11) is 0. The van der Waals surface area contributed by atoms with Crippen molar-refractivity contribution in [1.29, 1.82) is 0 Å². The highest BCUT2D eigenvalue weighted by Gasteiger charge is 2.26. The summed E-state index contributed by atoms with van der Waals surface area (Å²) < 4.78 is 1.78. The minimum Gasteiger partial charge on any atom is -0.326 e. The van der Waals surface area contributed by atoms with Crippen molar-refractivity contribution in [2.45, 2.75) is 26.3 Å². The molecule has 3 heterocycles. The van der Waals surface area contributed by atoms with Crippen molar-refractivity contribution in [3.05, 3.63) is 72.3 Å². The molecule has 0 radical (unpaired) electrons. The predicted octanol–water partition coefficient (Wildman–Crippen LogP) is 3.43. The summed E-state index contributed by atoms with van der Waals surface area (Å²) in [5.74, 6) is 0.0754. The minimum atomic E-state index is -0.00748. The first-order chi connectivity index (χ1) is 13.7. The van der Waals surface area contributed by atoms with E-state index in [4.69, 9.17) is 0 Å². The topological polar surface area (TPSA) is 63.1 Å². The fourth-order valence-electron chi connectivity index (χ4n) is 3.72. The Bertz CT molecular complexity index is 938. The molecular formula is C22H25N5O. The smallest absolute Gasteiger partial charge is 0.228 e. The van der Waals surface area contributed by atoms with Crippen LogP contribution in [0.1, 0.15) is 24.2 Å². The maximum absolute atomic E-state index is 12.8. The average molecular weight is 375 g/mol. The Labute approximate surface area is 165 Å². The number of benzene rings is 1. The monoisotopic (exact) mass is 375 g/mol. The maximum atomic E-state index is 12.8. The van der Waals surface area contributed by atoms with Crippen molar-refractivity contribution in [3.8, 4) is 5.69 Å². The SMILES string of the molecule is Cc1cccc(CN2CCC[C@@H](C(=O)Nc3cccc(-n4cccn4)c3)C2)n1. The van der Waals surface area contributed by atoms with Gasteiger partial charge in [0.2, 0.25) is 5.91 Å². The van der Waals surface area contributed by atoms with Crippen molar-refractivity contribution in [2.75, 3.05) is 18.4 Å². The van der Waals surface area contributed by atoms with Crippen LogP contribution in [0.15, 0.2) is 60.9 Å². The molecular weight excluding hydrogens is 350 g/mol. The van der Waals surface area contributed by atoms with Gasteiger partial charge < -0.3 is 5.32 Å². The van der Waals surface area contributed by atoms with Gasteiger partial charge in [-0.25, -0.2) is 4.68 Å². The van der Waals surface area contributed by atoms with Crippen LogP contribution < -0.4 is 5.32 Å². The van der Waals surface area contributed by atoms with Gasteiger partial charge in [0, 0.05) is 36.9 Å². The van der Waals surface area contributed by atoms with Crippen LogP contribution >= 0.6 is 0 Å². The van der Waals surface area contributed by atoms with E-state index in [1.165, 1.54) is 0 Å². The number of pyridine rings is 1. The number of aromatic nitrogens is 3. The third kappa shape index (κ3) is 4.46. The number of carbonyl (C=O) groups is 1. The lowest BCUT2D eigenvalue weighted by atomic mass is 9.97. The van der Waals surface area contributed by atoms with Gasteiger partial charge in [-0.15, -0.1) is 0 Å². The molecule has 6 heteroatoms. The van der Waals surface area contributed by atoms with Gasteiger partial charge in [0.25, 0.3) is 0 Å². The van der Waals surface area contributed by atoms with Crippen molar-refractivity contribution >= 4 is 11.6 Å². The van der Waals surface area contributed by atoms with Gasteiger partial charge in [0.15, 0.2) is 0 Å². The van der Waals surface area contributed by atoms with Crippen LogP contribution in [-0.4, -0.2) is 38.7 Å². The number of nitrogens with zero attached hydrogens (tertiary/aromatic N) is 4. The molecule has 3 aromatic rings. The summed E-state index contributed by atoms with van der Waals surface area (Å²) in [5.41, 5.74) is 3.82. The van der Waals surface area contributed by atoms with Crippen LogP contribution in [-0.2, 0) is 11.3 Å². The Morgan fingerprint density at radius 3 is 2.93 bits per heavy atom. The lowest BCUT2D eigenvalue weighted by Crippen LogP contribution is -2.40. The molecule has 1 aromatic carbocycles. The number of piperidine rings is 1. The summed E-state index contributed by atoms with van der Waals surface area (Å²) in [6.45, 7) is 4.57. The van der Waals surface area contributed by atoms with E-state index in [9.17, 15) is 4.79 Å². The highest BCUT2D eigenvalue weighted by Crippen LogP contribution is 2.21. The van der Waals surface area contributed by atoms with E-state index in [2.05, 4.69) is 26.4 Å². The molecule has 1 amide bonds. The summed E-state index contributed by atoms with van der Waals surface area (Å²) in [5, 5.41) is 7.33. The zero-order chi connectivity index (χ0) is 19.3. The highest BCUT2D eigenvalue weighted by molar-refractivity contribution is 5.93. The van der Waals surface area contributed by atoms with E-state index in [1.807, 2.05) is 55.6 Å². The van der Waals surface area contributed by atoms with Gasteiger partial charge in [0.05, 0.1) is 17.3 Å². The molecule has 6 nitrogen and oxygen atoms in total.